The lowest BCUT2D eigenvalue weighted by atomic mass is 10.1. The van der Waals surface area contributed by atoms with E-state index in [4.69, 9.17) is 0 Å². The van der Waals surface area contributed by atoms with E-state index in [2.05, 4.69) is 158 Å². The first-order chi connectivity index (χ1) is 50.9. The van der Waals surface area contributed by atoms with E-state index in [1.54, 1.807) is 55.8 Å². The van der Waals surface area contributed by atoms with Crippen LogP contribution in [0.15, 0.2) is 354 Å². The molecule has 0 fully saturated rings. The Labute approximate surface area is 610 Å². The number of nitrogens with zero attached hydrogens (tertiary/aromatic N) is 14. The highest BCUT2D eigenvalue weighted by molar-refractivity contribution is 5.65. The molecule has 0 aliphatic heterocycles. The van der Waals surface area contributed by atoms with Gasteiger partial charge in [0.1, 0.15) is 0 Å². The fraction of sp³-hybridized carbons (Fsp3) is 0.0889. The topological polar surface area (TPSA) is 180 Å². The van der Waals surface area contributed by atoms with E-state index in [-0.39, 0.29) is 0 Å². The van der Waals surface area contributed by atoms with Crippen LogP contribution in [-0.4, -0.2) is 69.8 Å². The minimum atomic E-state index is 0.922. The van der Waals surface area contributed by atoms with Crippen LogP contribution in [-0.2, 0) is 0 Å². The fourth-order valence-corrected chi connectivity index (χ4v) is 9.96. The summed E-state index contributed by atoms with van der Waals surface area (Å²) in [6.45, 7) is 16.4. The second-order valence-electron chi connectivity index (χ2n) is 23.9. The van der Waals surface area contributed by atoms with Crippen molar-refractivity contribution in [2.75, 3.05) is 0 Å². The first-order valence-electron chi connectivity index (χ1n) is 33.8. The van der Waals surface area contributed by atoms with Crippen molar-refractivity contribution < 1.29 is 0 Å². The molecule has 104 heavy (non-hydrogen) atoms. The zero-order valence-electron chi connectivity index (χ0n) is 59.7. The Morgan fingerprint density at radius 1 is 0.163 bits per heavy atom. The van der Waals surface area contributed by atoms with Gasteiger partial charge in [-0.15, -0.1) is 0 Å². The van der Waals surface area contributed by atoms with Crippen LogP contribution in [0, 0.1) is 55.4 Å². The van der Waals surface area contributed by atoms with E-state index in [1.165, 1.54) is 50.1 Å². The maximum atomic E-state index is 4.42. The summed E-state index contributed by atoms with van der Waals surface area (Å²) < 4.78 is 0. The molecule has 0 amide bonds. The van der Waals surface area contributed by atoms with Crippen molar-refractivity contribution in [3.63, 3.8) is 0 Å². The third kappa shape index (κ3) is 25.7. The number of aryl methyl sites for hydroxylation is 8. The minimum absolute atomic E-state index is 0.922. The number of benzene rings is 2. The molecule has 16 rings (SSSR count). The van der Waals surface area contributed by atoms with E-state index >= 15 is 0 Å². The molecule has 14 heteroatoms. The Kier molecular flexibility index (Phi) is 29.6. The van der Waals surface area contributed by atoms with Gasteiger partial charge in [-0.05, 0) is 245 Å². The Morgan fingerprint density at radius 2 is 0.519 bits per heavy atom. The molecular formula is C90H82N14. The predicted molar refractivity (Wildman–Crippen MR) is 422 cm³/mol. The van der Waals surface area contributed by atoms with E-state index in [9.17, 15) is 0 Å². The summed E-state index contributed by atoms with van der Waals surface area (Å²) in [6, 6.07) is 76.4. The van der Waals surface area contributed by atoms with Crippen molar-refractivity contribution in [2.45, 2.75) is 55.4 Å². The molecule has 0 aliphatic rings. The predicted octanol–water partition coefficient (Wildman–Crippen LogP) is 20.8. The normalized spacial score (nSPS) is 9.92. The van der Waals surface area contributed by atoms with Crippen LogP contribution in [0.2, 0.25) is 0 Å². The highest BCUT2D eigenvalue weighted by Crippen LogP contribution is 2.23. The van der Waals surface area contributed by atoms with Gasteiger partial charge in [0.2, 0.25) is 0 Å². The van der Waals surface area contributed by atoms with Gasteiger partial charge in [0.25, 0.3) is 0 Å². The van der Waals surface area contributed by atoms with Gasteiger partial charge >= 0.3 is 0 Å². The van der Waals surface area contributed by atoms with Gasteiger partial charge in [0.15, 0.2) is 0 Å². The summed E-state index contributed by atoms with van der Waals surface area (Å²) in [6.07, 6.45) is 36.3. The van der Waals surface area contributed by atoms with Crippen molar-refractivity contribution in [3.8, 4) is 89.9 Å². The van der Waals surface area contributed by atoms with Crippen molar-refractivity contribution in [3.05, 3.63) is 399 Å². The van der Waals surface area contributed by atoms with E-state index in [0.717, 1.165) is 84.5 Å². The summed E-state index contributed by atoms with van der Waals surface area (Å²) in [5.41, 5.74) is 26.4. The molecule has 0 N–H and O–H groups in total. The van der Waals surface area contributed by atoms with Crippen molar-refractivity contribution >= 4 is 0 Å². The second kappa shape index (κ2) is 41.2. The lowest BCUT2D eigenvalue weighted by Gasteiger charge is -2.00. The van der Waals surface area contributed by atoms with Gasteiger partial charge in [-0.2, -0.15) is 0 Å². The average Bonchev–Trinajstić information content (AvgIpc) is 0.973. The third-order valence-corrected chi connectivity index (χ3v) is 15.1. The Bertz CT molecular complexity index is 4130. The molecule has 14 heterocycles. The Hall–Kier alpha value is -13.5. The third-order valence-electron chi connectivity index (χ3n) is 15.1. The summed E-state index contributed by atoms with van der Waals surface area (Å²) in [7, 11) is 0. The van der Waals surface area contributed by atoms with E-state index in [1.807, 2.05) is 266 Å². The van der Waals surface area contributed by atoms with E-state index < -0.39 is 0 Å². The molecule has 2 aromatic carbocycles. The lowest BCUT2D eigenvalue weighted by molar-refractivity contribution is 1.20. The monoisotopic (exact) mass is 1360 g/mol. The zero-order valence-corrected chi connectivity index (χ0v) is 59.7. The summed E-state index contributed by atoms with van der Waals surface area (Å²) in [5, 5.41) is 0. The number of hydrogen-bond donors (Lipinski definition) is 0. The number of hydrogen-bond acceptors (Lipinski definition) is 14. The molecule has 16 aromatic rings. The minimum Gasteiger partial charge on any atom is -0.265 e. The molecule has 0 atom stereocenters. The van der Waals surface area contributed by atoms with Crippen LogP contribution in [0.3, 0.4) is 0 Å². The fourth-order valence-electron chi connectivity index (χ4n) is 9.96. The molecule has 0 unspecified atom stereocenters. The second-order valence-corrected chi connectivity index (χ2v) is 23.9. The molecule has 0 aliphatic carbocycles. The van der Waals surface area contributed by atoms with Crippen LogP contribution in [0.1, 0.15) is 44.6 Å². The molecule has 14 aromatic heterocycles. The standard InChI is InChI=1S/2C12H11N.6C11H10N2/c1-10-7-12(9-13-8-10)11-5-3-2-4-6-11;1-10-7-8-13-12(9-10)11-5-3-2-4-6-11;1-9-2-7-13-11(8-9)10-3-5-12-6-4-10;1-9-4-6-13-11(7-9)10-3-2-5-12-8-10;1-9-5-11(8-13-6-9)10-3-2-4-12-7-10;1-9-3-2-4-11(13-9)10-5-7-12-8-6-10;1-9-5-7-13-11(8-9)10-4-2-3-6-12-10;1-9-6-10(8-12-7-9)11-4-2-3-5-13-11/h2*2-9H,1H3;6*2-8H,1H3. The lowest BCUT2D eigenvalue weighted by Crippen LogP contribution is -1.86. The summed E-state index contributed by atoms with van der Waals surface area (Å²) in [5.74, 6) is 0. The quantitative estimate of drug-likeness (QED) is 0.140. The smallest absolute Gasteiger partial charge is 0.0888 e. The molecule has 0 spiro atoms. The van der Waals surface area contributed by atoms with Gasteiger partial charge in [0.05, 0.1) is 39.9 Å². The van der Waals surface area contributed by atoms with Gasteiger partial charge in [0, 0.05) is 174 Å². The van der Waals surface area contributed by atoms with Crippen molar-refractivity contribution in [2.24, 2.45) is 0 Å². The number of rotatable bonds is 8. The van der Waals surface area contributed by atoms with Crippen molar-refractivity contribution in [1.82, 2.24) is 69.8 Å². The van der Waals surface area contributed by atoms with Crippen LogP contribution in [0.25, 0.3) is 89.9 Å². The maximum Gasteiger partial charge on any atom is 0.0888 e. The molecular weight excluding hydrogens is 1280 g/mol. The summed E-state index contributed by atoms with van der Waals surface area (Å²) in [4.78, 5) is 58.5. The largest absolute Gasteiger partial charge is 0.265 e. The molecule has 0 radical (unpaired) electrons. The Balaban J connectivity index is 0.000000138. The van der Waals surface area contributed by atoms with Gasteiger partial charge < -0.3 is 0 Å². The zero-order chi connectivity index (χ0) is 72.8. The number of aromatic nitrogens is 14. The van der Waals surface area contributed by atoms with Gasteiger partial charge in [-0.1, -0.05) is 84.9 Å². The maximum absolute atomic E-state index is 4.42. The first-order valence-corrected chi connectivity index (χ1v) is 33.8. The van der Waals surface area contributed by atoms with Gasteiger partial charge in [-0.3, -0.25) is 69.8 Å². The molecule has 0 saturated heterocycles. The molecule has 14 nitrogen and oxygen atoms in total. The highest BCUT2D eigenvalue weighted by Gasteiger charge is 2.04. The SMILES string of the molecule is Cc1cccc(-c2ccncc2)n1.Cc1ccnc(-c2ccccc2)c1.Cc1ccnc(-c2ccccn2)c1.Cc1ccnc(-c2cccnc2)c1.Cc1ccnc(-c2ccncc2)c1.Cc1cncc(-c2ccccc2)c1.Cc1cncc(-c2ccccn2)c1.Cc1cncc(-c2cccnc2)c1. The molecule has 512 valence electrons. The average molecular weight is 1360 g/mol. The first kappa shape index (κ1) is 74.8. The number of pyridine rings is 14. The van der Waals surface area contributed by atoms with Crippen LogP contribution < -0.4 is 0 Å². The van der Waals surface area contributed by atoms with Crippen LogP contribution in [0.4, 0.5) is 0 Å². The Morgan fingerprint density at radius 3 is 0.962 bits per heavy atom. The van der Waals surface area contributed by atoms with Crippen LogP contribution in [0.5, 0.6) is 0 Å². The summed E-state index contributed by atoms with van der Waals surface area (Å²) >= 11 is 0. The van der Waals surface area contributed by atoms with Crippen molar-refractivity contribution in [1.29, 1.82) is 0 Å². The van der Waals surface area contributed by atoms with E-state index in [0.29, 0.717) is 0 Å². The molecule has 0 bridgehead atoms. The van der Waals surface area contributed by atoms with Crippen LogP contribution >= 0.6 is 0 Å². The molecule has 0 saturated carbocycles. The highest BCUT2D eigenvalue weighted by atomic mass is 14.8. The van der Waals surface area contributed by atoms with Gasteiger partial charge in [-0.25, -0.2) is 0 Å².